The van der Waals surface area contributed by atoms with Crippen LogP contribution in [0.3, 0.4) is 0 Å². The van der Waals surface area contributed by atoms with Crippen molar-refractivity contribution in [2.24, 2.45) is 5.92 Å². The van der Waals surface area contributed by atoms with Crippen LogP contribution < -0.4 is 15.4 Å². The van der Waals surface area contributed by atoms with Crippen molar-refractivity contribution in [3.63, 3.8) is 0 Å². The molecule has 192 valence electrons. The quantitative estimate of drug-likeness (QED) is 0.379. The van der Waals surface area contributed by atoms with E-state index < -0.39 is 10.0 Å². The number of anilines is 1. The summed E-state index contributed by atoms with van der Waals surface area (Å²) < 4.78 is 33.0. The molecule has 1 fully saturated rings. The van der Waals surface area contributed by atoms with Gasteiger partial charge in [0.1, 0.15) is 5.75 Å². The molecule has 1 aromatic heterocycles. The van der Waals surface area contributed by atoms with Gasteiger partial charge in [-0.2, -0.15) is 4.31 Å². The first-order valence-corrected chi connectivity index (χ1v) is 14.0. The number of piperidine rings is 1. The van der Waals surface area contributed by atoms with E-state index >= 15 is 0 Å². The number of fused-ring (bicyclic) bond motifs is 1. The lowest BCUT2D eigenvalue weighted by Gasteiger charge is -2.31. The first-order valence-electron chi connectivity index (χ1n) is 12.2. The summed E-state index contributed by atoms with van der Waals surface area (Å²) in [5, 5.41) is 7.99. The predicted molar refractivity (Wildman–Crippen MR) is 142 cm³/mol. The van der Waals surface area contributed by atoms with E-state index in [0.29, 0.717) is 49.9 Å². The molecular formula is C26H31ClN4O4S. The van der Waals surface area contributed by atoms with Gasteiger partial charge in [0.2, 0.25) is 15.9 Å². The van der Waals surface area contributed by atoms with Crippen LogP contribution in [0.1, 0.15) is 26.2 Å². The number of rotatable bonds is 10. The van der Waals surface area contributed by atoms with E-state index in [2.05, 4.69) is 15.6 Å². The maximum absolute atomic E-state index is 13.1. The fourth-order valence-corrected chi connectivity index (χ4v) is 6.03. The third-order valence-electron chi connectivity index (χ3n) is 6.20. The fraction of sp³-hybridized carbons (Fsp3) is 0.385. The van der Waals surface area contributed by atoms with Gasteiger partial charge in [-0.25, -0.2) is 8.42 Å². The zero-order chi connectivity index (χ0) is 25.5. The first kappa shape index (κ1) is 26.2. The van der Waals surface area contributed by atoms with Gasteiger partial charge >= 0.3 is 0 Å². The van der Waals surface area contributed by atoms with Gasteiger partial charge in [-0.1, -0.05) is 11.6 Å². The van der Waals surface area contributed by atoms with Crippen LogP contribution in [0.15, 0.2) is 59.6 Å². The number of halogens is 1. The van der Waals surface area contributed by atoms with Crippen molar-refractivity contribution in [3.05, 3.63) is 59.8 Å². The summed E-state index contributed by atoms with van der Waals surface area (Å²) in [6.45, 7) is 4.16. The number of nitrogens with one attached hydrogen (secondary N) is 2. The van der Waals surface area contributed by atoms with Crippen LogP contribution in [0, 0.1) is 5.92 Å². The Morgan fingerprint density at radius 1 is 1.17 bits per heavy atom. The first-order chi connectivity index (χ1) is 17.4. The highest BCUT2D eigenvalue weighted by Gasteiger charge is 2.33. The minimum absolute atomic E-state index is 0.106. The van der Waals surface area contributed by atoms with Crippen LogP contribution in [0.4, 0.5) is 5.69 Å². The second-order valence-electron chi connectivity index (χ2n) is 8.70. The summed E-state index contributed by atoms with van der Waals surface area (Å²) in [5.41, 5.74) is 1.79. The van der Waals surface area contributed by atoms with Crippen molar-refractivity contribution in [3.8, 4) is 5.75 Å². The number of nitrogens with zero attached hydrogens (tertiary/aromatic N) is 2. The van der Waals surface area contributed by atoms with Gasteiger partial charge in [0.15, 0.2) is 0 Å². The van der Waals surface area contributed by atoms with Crippen LogP contribution in [-0.2, 0) is 14.8 Å². The summed E-state index contributed by atoms with van der Waals surface area (Å²) in [5.74, 6) is 0.159. The molecule has 36 heavy (non-hydrogen) atoms. The van der Waals surface area contributed by atoms with Crippen molar-refractivity contribution in [1.82, 2.24) is 14.6 Å². The molecular weight excluding hydrogens is 500 g/mol. The summed E-state index contributed by atoms with van der Waals surface area (Å²) in [6.07, 6.45) is 3.78. The number of hydrogen-bond acceptors (Lipinski definition) is 6. The number of pyridine rings is 1. The van der Waals surface area contributed by atoms with E-state index in [4.69, 9.17) is 16.3 Å². The summed E-state index contributed by atoms with van der Waals surface area (Å²) in [4.78, 5) is 17.3. The Hall–Kier alpha value is -2.88. The standard InChI is InChI=1S/C26H31ClN4O4S/c1-2-35-21-7-9-22(10-8-21)36(33,34)31-16-3-5-19(18-31)26(32)30-14-4-13-28-24-12-15-29-25-17-20(27)6-11-23(24)25/h6-12,15,17,19H,2-5,13-14,16,18H2,1H3,(H,28,29)(H,30,32)/t19-/m1/s1. The lowest BCUT2D eigenvalue weighted by atomic mass is 9.99. The molecule has 1 amide bonds. The third kappa shape index (κ3) is 6.27. The molecule has 8 nitrogen and oxygen atoms in total. The van der Waals surface area contributed by atoms with Gasteiger partial charge in [-0.05, 0) is 74.7 Å². The van der Waals surface area contributed by atoms with Crippen LogP contribution >= 0.6 is 11.6 Å². The zero-order valence-electron chi connectivity index (χ0n) is 20.2. The lowest BCUT2D eigenvalue weighted by molar-refractivity contribution is -0.126. The Kier molecular flexibility index (Phi) is 8.66. The van der Waals surface area contributed by atoms with E-state index in [1.54, 1.807) is 30.5 Å². The van der Waals surface area contributed by atoms with Crippen molar-refractivity contribution < 1.29 is 17.9 Å². The molecule has 2 heterocycles. The fourth-order valence-electron chi connectivity index (χ4n) is 4.34. The number of ether oxygens (including phenoxy) is 1. The molecule has 0 saturated carbocycles. The molecule has 2 aromatic carbocycles. The van der Waals surface area contributed by atoms with E-state index in [1.807, 2.05) is 31.2 Å². The average Bonchev–Trinajstić information content (AvgIpc) is 2.89. The molecule has 1 aliphatic heterocycles. The van der Waals surface area contributed by atoms with Crippen molar-refractivity contribution >= 4 is 44.1 Å². The number of amides is 1. The molecule has 1 aliphatic rings. The summed E-state index contributed by atoms with van der Waals surface area (Å²) in [7, 11) is -3.67. The number of carbonyl (C=O) groups is 1. The molecule has 0 aliphatic carbocycles. The highest BCUT2D eigenvalue weighted by Crippen LogP contribution is 2.26. The Morgan fingerprint density at radius 3 is 2.75 bits per heavy atom. The zero-order valence-corrected chi connectivity index (χ0v) is 21.8. The molecule has 0 spiro atoms. The smallest absolute Gasteiger partial charge is 0.243 e. The van der Waals surface area contributed by atoms with Crippen LogP contribution in [-0.4, -0.2) is 56.4 Å². The molecule has 0 bridgehead atoms. The normalized spacial score (nSPS) is 16.6. The van der Waals surface area contributed by atoms with Crippen molar-refractivity contribution in [2.75, 3.05) is 38.1 Å². The Bertz CT molecular complexity index is 1300. The van der Waals surface area contributed by atoms with E-state index in [1.165, 1.54) is 4.31 Å². The maximum Gasteiger partial charge on any atom is 0.243 e. The van der Waals surface area contributed by atoms with Gasteiger partial charge in [0, 0.05) is 48.5 Å². The molecule has 10 heteroatoms. The predicted octanol–water partition coefficient (Wildman–Crippen LogP) is 4.31. The highest BCUT2D eigenvalue weighted by atomic mass is 35.5. The van der Waals surface area contributed by atoms with Crippen LogP contribution in [0.25, 0.3) is 10.9 Å². The minimum atomic E-state index is -3.67. The number of hydrogen-bond donors (Lipinski definition) is 2. The Labute approximate surface area is 217 Å². The van der Waals surface area contributed by atoms with Crippen LogP contribution in [0.5, 0.6) is 5.75 Å². The Balaban J connectivity index is 1.26. The molecule has 0 unspecified atom stereocenters. The van der Waals surface area contributed by atoms with Gasteiger partial charge in [-0.15, -0.1) is 0 Å². The third-order valence-corrected chi connectivity index (χ3v) is 8.31. The summed E-state index contributed by atoms with van der Waals surface area (Å²) >= 11 is 6.05. The topological polar surface area (TPSA) is 101 Å². The van der Waals surface area contributed by atoms with Gasteiger partial charge in [0.05, 0.1) is 22.9 Å². The number of sulfonamides is 1. The summed E-state index contributed by atoms with van der Waals surface area (Å²) in [6, 6.07) is 13.9. The minimum Gasteiger partial charge on any atom is -0.494 e. The van der Waals surface area contributed by atoms with E-state index in [9.17, 15) is 13.2 Å². The number of carbonyl (C=O) groups excluding carboxylic acids is 1. The molecule has 1 atom stereocenters. The van der Waals surface area contributed by atoms with E-state index in [0.717, 1.165) is 23.0 Å². The van der Waals surface area contributed by atoms with Crippen molar-refractivity contribution in [1.29, 1.82) is 0 Å². The van der Waals surface area contributed by atoms with Crippen LogP contribution in [0.2, 0.25) is 5.02 Å². The van der Waals surface area contributed by atoms with Crippen molar-refractivity contribution in [2.45, 2.75) is 31.1 Å². The van der Waals surface area contributed by atoms with Gasteiger partial charge in [0.25, 0.3) is 0 Å². The monoisotopic (exact) mass is 530 g/mol. The van der Waals surface area contributed by atoms with Gasteiger partial charge < -0.3 is 15.4 Å². The molecule has 1 saturated heterocycles. The largest absolute Gasteiger partial charge is 0.494 e. The second kappa shape index (κ2) is 11.9. The molecule has 2 N–H and O–H groups in total. The highest BCUT2D eigenvalue weighted by molar-refractivity contribution is 7.89. The Morgan fingerprint density at radius 2 is 1.97 bits per heavy atom. The lowest BCUT2D eigenvalue weighted by Crippen LogP contribution is -2.45. The number of aromatic nitrogens is 1. The molecule has 4 rings (SSSR count). The molecule has 3 aromatic rings. The van der Waals surface area contributed by atoms with Gasteiger partial charge in [-0.3, -0.25) is 9.78 Å². The molecule has 0 radical (unpaired) electrons. The maximum atomic E-state index is 13.1. The number of benzene rings is 2. The van der Waals surface area contributed by atoms with E-state index in [-0.39, 0.29) is 23.3 Å². The second-order valence-corrected chi connectivity index (χ2v) is 11.1. The SMILES string of the molecule is CCOc1ccc(S(=O)(=O)N2CCC[C@@H](C(=O)NCCCNc3ccnc4cc(Cl)ccc34)C2)cc1. The average molecular weight is 531 g/mol.